The highest BCUT2D eigenvalue weighted by molar-refractivity contribution is 5.81. The summed E-state index contributed by atoms with van der Waals surface area (Å²) in [6.07, 6.45) is 3.00. The summed E-state index contributed by atoms with van der Waals surface area (Å²) in [5.74, 6) is 0.476. The lowest BCUT2D eigenvalue weighted by atomic mass is 10.3. The second-order valence-corrected chi connectivity index (χ2v) is 4.79. The number of aryl methyl sites for hydroxylation is 2. The van der Waals surface area contributed by atoms with Crippen molar-refractivity contribution in [3.05, 3.63) is 5.69 Å². The summed E-state index contributed by atoms with van der Waals surface area (Å²) in [5.41, 5.74) is 12.9. The molecular weight excluding hydrogens is 242 g/mol. The molecule has 0 aliphatic rings. The molecule has 0 saturated heterocycles. The average Bonchev–Trinajstić information content (AvgIpc) is 2.61. The third-order valence-corrected chi connectivity index (χ3v) is 3.01. The Morgan fingerprint density at radius 3 is 2.58 bits per heavy atom. The molecule has 0 spiro atoms. The minimum atomic E-state index is -0.350. The average molecular weight is 267 g/mol. The Kier molecular flexibility index (Phi) is 5.66. The van der Waals surface area contributed by atoms with Gasteiger partial charge in [0.25, 0.3) is 0 Å². The predicted molar refractivity (Wildman–Crippen MR) is 78.0 cm³/mol. The van der Waals surface area contributed by atoms with Crippen molar-refractivity contribution >= 4 is 17.4 Å². The van der Waals surface area contributed by atoms with Crippen molar-refractivity contribution in [2.24, 2.45) is 5.73 Å². The monoisotopic (exact) mass is 267 g/mol. The first kappa shape index (κ1) is 15.3. The van der Waals surface area contributed by atoms with Crippen LogP contribution in [-0.2, 0) is 11.3 Å². The molecule has 1 amide bonds. The summed E-state index contributed by atoms with van der Waals surface area (Å²) in [7, 11) is 0. The van der Waals surface area contributed by atoms with E-state index in [9.17, 15) is 4.79 Å². The van der Waals surface area contributed by atoms with Gasteiger partial charge in [0.2, 0.25) is 5.91 Å². The minimum absolute atomic E-state index is 0.180. The lowest BCUT2D eigenvalue weighted by Crippen LogP contribution is -2.36. The quantitative estimate of drug-likeness (QED) is 0.742. The molecule has 1 rings (SSSR count). The predicted octanol–water partition coefficient (Wildman–Crippen LogP) is 1.28. The number of primary amides is 1. The van der Waals surface area contributed by atoms with Crippen LogP contribution in [0.4, 0.5) is 11.5 Å². The summed E-state index contributed by atoms with van der Waals surface area (Å²) in [6.45, 7) is 7.81. The van der Waals surface area contributed by atoms with Crippen LogP contribution in [0.15, 0.2) is 0 Å². The van der Waals surface area contributed by atoms with Gasteiger partial charge in [-0.15, -0.1) is 0 Å². The molecule has 0 atom stereocenters. The topological polar surface area (TPSA) is 90.2 Å². The number of nitrogens with two attached hydrogens (primary N) is 2. The first-order valence-electron chi connectivity index (χ1n) is 6.87. The van der Waals surface area contributed by atoms with Crippen molar-refractivity contribution in [1.82, 2.24) is 9.78 Å². The lowest BCUT2D eigenvalue weighted by molar-refractivity contribution is -0.116. The Balaban J connectivity index is 3.07. The van der Waals surface area contributed by atoms with Crippen molar-refractivity contribution in [2.75, 3.05) is 23.7 Å². The van der Waals surface area contributed by atoms with Crippen LogP contribution in [-0.4, -0.2) is 28.8 Å². The summed E-state index contributed by atoms with van der Waals surface area (Å²) in [4.78, 5) is 13.2. The maximum Gasteiger partial charge on any atom is 0.236 e. The van der Waals surface area contributed by atoms with Crippen LogP contribution in [0.2, 0.25) is 0 Å². The van der Waals surface area contributed by atoms with Gasteiger partial charge in [-0.3, -0.25) is 4.79 Å². The largest absolute Gasteiger partial charge is 0.394 e. The molecule has 108 valence electrons. The number of nitrogen functional groups attached to an aromatic ring is 1. The molecule has 6 nitrogen and oxygen atoms in total. The molecule has 0 bridgehead atoms. The molecule has 1 aromatic rings. The van der Waals surface area contributed by atoms with Crippen LogP contribution in [0.5, 0.6) is 0 Å². The molecular formula is C13H25N5O. The molecule has 0 aromatic carbocycles. The van der Waals surface area contributed by atoms with Crippen molar-refractivity contribution in [1.29, 1.82) is 0 Å². The van der Waals surface area contributed by atoms with Crippen molar-refractivity contribution in [3.63, 3.8) is 0 Å². The maximum atomic E-state index is 11.2. The molecule has 0 radical (unpaired) electrons. The van der Waals surface area contributed by atoms with E-state index in [1.165, 1.54) is 0 Å². The van der Waals surface area contributed by atoms with E-state index in [2.05, 4.69) is 18.9 Å². The smallest absolute Gasteiger partial charge is 0.236 e. The molecule has 0 aliphatic heterocycles. The van der Waals surface area contributed by atoms with Crippen LogP contribution in [0, 0.1) is 6.92 Å². The second-order valence-electron chi connectivity index (χ2n) is 4.79. The number of nitrogens with zero attached hydrogens (tertiary/aromatic N) is 3. The van der Waals surface area contributed by atoms with E-state index in [0.717, 1.165) is 43.9 Å². The molecule has 0 saturated carbocycles. The van der Waals surface area contributed by atoms with Gasteiger partial charge in [0, 0.05) is 13.1 Å². The molecule has 0 aliphatic carbocycles. The fourth-order valence-corrected chi connectivity index (χ4v) is 2.08. The second kappa shape index (κ2) is 7.01. The Bertz CT molecular complexity index is 427. The number of unbranched alkanes of at least 4 members (excludes halogenated alkanes) is 1. The highest BCUT2D eigenvalue weighted by Gasteiger charge is 2.19. The molecule has 1 aromatic heterocycles. The highest BCUT2D eigenvalue weighted by Crippen LogP contribution is 2.27. The number of rotatable bonds is 8. The Hall–Kier alpha value is -1.72. The van der Waals surface area contributed by atoms with Crippen molar-refractivity contribution in [3.8, 4) is 0 Å². The minimum Gasteiger partial charge on any atom is -0.394 e. The van der Waals surface area contributed by atoms with E-state index in [0.29, 0.717) is 5.69 Å². The number of amides is 1. The maximum absolute atomic E-state index is 11.2. The first-order chi connectivity index (χ1) is 9.01. The zero-order valence-electron chi connectivity index (χ0n) is 12.1. The van der Waals surface area contributed by atoms with Crippen LogP contribution >= 0.6 is 0 Å². The van der Waals surface area contributed by atoms with Crippen LogP contribution in [0.3, 0.4) is 0 Å². The van der Waals surface area contributed by atoms with E-state index in [1.54, 1.807) is 0 Å². The van der Waals surface area contributed by atoms with Crippen molar-refractivity contribution in [2.45, 2.75) is 46.6 Å². The highest BCUT2D eigenvalue weighted by atomic mass is 16.1. The molecule has 0 fully saturated rings. The van der Waals surface area contributed by atoms with Gasteiger partial charge in [-0.1, -0.05) is 20.3 Å². The van der Waals surface area contributed by atoms with Crippen molar-refractivity contribution < 1.29 is 4.79 Å². The Labute approximate surface area is 114 Å². The normalized spacial score (nSPS) is 10.7. The fraction of sp³-hybridized carbons (Fsp3) is 0.692. The van der Waals surface area contributed by atoms with E-state index < -0.39 is 0 Å². The molecule has 0 unspecified atom stereocenters. The molecule has 4 N–H and O–H groups in total. The number of carbonyl (C=O) groups excluding carboxylic acids is 1. The summed E-state index contributed by atoms with van der Waals surface area (Å²) in [6, 6.07) is 0. The van der Waals surface area contributed by atoms with E-state index >= 15 is 0 Å². The fourth-order valence-electron chi connectivity index (χ4n) is 2.08. The number of hydrogen-bond donors (Lipinski definition) is 2. The van der Waals surface area contributed by atoms with Gasteiger partial charge in [0.15, 0.2) is 5.82 Å². The number of aromatic nitrogens is 2. The van der Waals surface area contributed by atoms with Gasteiger partial charge in [-0.2, -0.15) is 5.10 Å². The zero-order valence-corrected chi connectivity index (χ0v) is 12.1. The summed E-state index contributed by atoms with van der Waals surface area (Å²) < 4.78 is 1.88. The molecule has 6 heteroatoms. The van der Waals surface area contributed by atoms with Crippen LogP contribution in [0.25, 0.3) is 0 Å². The summed E-state index contributed by atoms with van der Waals surface area (Å²) >= 11 is 0. The first-order valence-corrected chi connectivity index (χ1v) is 6.87. The molecule has 1 heterocycles. The number of carbonyl (C=O) groups is 1. The van der Waals surface area contributed by atoms with E-state index in [1.807, 2.05) is 16.5 Å². The standard InChI is InChI=1S/C13H25N5O/c1-4-6-8-17(9-11(14)19)13-12(15)10(3)16-18(13)7-5-2/h4-9,15H2,1-3H3,(H2,14,19). The van der Waals surface area contributed by atoms with Crippen LogP contribution in [0.1, 0.15) is 38.8 Å². The zero-order chi connectivity index (χ0) is 14.4. The van der Waals surface area contributed by atoms with Gasteiger partial charge in [-0.25, -0.2) is 4.68 Å². The Morgan fingerprint density at radius 2 is 2.05 bits per heavy atom. The van der Waals surface area contributed by atoms with Gasteiger partial charge in [0.1, 0.15) is 0 Å². The van der Waals surface area contributed by atoms with E-state index in [4.69, 9.17) is 11.5 Å². The number of hydrogen-bond acceptors (Lipinski definition) is 4. The van der Waals surface area contributed by atoms with Gasteiger partial charge < -0.3 is 16.4 Å². The lowest BCUT2D eigenvalue weighted by Gasteiger charge is -2.24. The Morgan fingerprint density at radius 1 is 1.37 bits per heavy atom. The van der Waals surface area contributed by atoms with Gasteiger partial charge in [-0.05, 0) is 19.8 Å². The number of anilines is 2. The van der Waals surface area contributed by atoms with Gasteiger partial charge in [0.05, 0.1) is 17.9 Å². The third-order valence-electron chi connectivity index (χ3n) is 3.01. The van der Waals surface area contributed by atoms with Crippen LogP contribution < -0.4 is 16.4 Å². The van der Waals surface area contributed by atoms with E-state index in [-0.39, 0.29) is 12.5 Å². The van der Waals surface area contributed by atoms with Gasteiger partial charge >= 0.3 is 0 Å². The SMILES string of the molecule is CCCCN(CC(N)=O)c1c(N)c(C)nn1CCC. The summed E-state index contributed by atoms with van der Waals surface area (Å²) in [5, 5.41) is 4.43. The molecule has 19 heavy (non-hydrogen) atoms. The third kappa shape index (κ3) is 3.87.